The molecular formula is C53H37NO. The summed E-state index contributed by atoms with van der Waals surface area (Å²) in [5.74, 6) is 0. The van der Waals surface area contributed by atoms with Gasteiger partial charge in [0, 0.05) is 27.4 Å². The summed E-state index contributed by atoms with van der Waals surface area (Å²) in [5, 5.41) is 7.10. The monoisotopic (exact) mass is 703 g/mol. The Kier molecular flexibility index (Phi) is 6.93. The van der Waals surface area contributed by atoms with Gasteiger partial charge in [0.1, 0.15) is 5.58 Å². The van der Waals surface area contributed by atoms with E-state index < -0.39 is 0 Å². The van der Waals surface area contributed by atoms with Crippen molar-refractivity contribution in [2.45, 2.75) is 19.3 Å². The molecule has 260 valence electrons. The lowest BCUT2D eigenvalue weighted by molar-refractivity contribution is 0.660. The quantitative estimate of drug-likeness (QED) is 0.177. The van der Waals surface area contributed by atoms with Crippen LogP contribution in [0.4, 0.5) is 17.1 Å². The molecule has 55 heavy (non-hydrogen) atoms. The molecule has 1 aliphatic rings. The lowest BCUT2D eigenvalue weighted by atomic mass is 9.82. The van der Waals surface area contributed by atoms with Crippen LogP contribution >= 0.6 is 0 Å². The van der Waals surface area contributed by atoms with Crippen LogP contribution in [-0.4, -0.2) is 0 Å². The summed E-state index contributed by atoms with van der Waals surface area (Å²) in [5.41, 5.74) is 14.7. The molecule has 11 rings (SSSR count). The second kappa shape index (κ2) is 12.1. The number of anilines is 3. The maximum atomic E-state index is 6.82. The van der Waals surface area contributed by atoms with Gasteiger partial charge in [0.25, 0.3) is 0 Å². The van der Waals surface area contributed by atoms with Crippen molar-refractivity contribution in [3.8, 4) is 33.4 Å². The lowest BCUT2D eigenvalue weighted by Gasteiger charge is -2.31. The van der Waals surface area contributed by atoms with Crippen LogP contribution in [0.15, 0.2) is 192 Å². The lowest BCUT2D eigenvalue weighted by Crippen LogP contribution is -2.17. The fourth-order valence-electron chi connectivity index (χ4n) is 9.12. The van der Waals surface area contributed by atoms with Crippen LogP contribution in [0.2, 0.25) is 0 Å². The van der Waals surface area contributed by atoms with Crippen LogP contribution in [0.3, 0.4) is 0 Å². The third-order valence-corrected chi connectivity index (χ3v) is 11.8. The Morgan fingerprint density at radius 2 is 1.02 bits per heavy atom. The predicted octanol–water partition coefficient (Wildman–Crippen LogP) is 15.0. The van der Waals surface area contributed by atoms with Gasteiger partial charge in [-0.15, -0.1) is 0 Å². The first-order chi connectivity index (χ1) is 27.0. The molecule has 0 N–H and O–H groups in total. The van der Waals surface area contributed by atoms with Crippen LogP contribution in [0.1, 0.15) is 25.0 Å². The SMILES string of the molecule is CC1(C)c2ccccc2-c2ccc(N(c3cccc(-c4ccc5ccccc5c4)c3-c3ccc4ccccc4c3)c3cccc4c3oc3ccccc34)cc21. The van der Waals surface area contributed by atoms with Gasteiger partial charge in [0.15, 0.2) is 5.58 Å². The smallest absolute Gasteiger partial charge is 0.159 e. The normalized spacial score (nSPS) is 13.1. The maximum Gasteiger partial charge on any atom is 0.159 e. The molecule has 9 aromatic carbocycles. The number of hydrogen-bond donors (Lipinski definition) is 0. The zero-order valence-electron chi connectivity index (χ0n) is 30.8. The molecule has 1 heterocycles. The van der Waals surface area contributed by atoms with Crippen LogP contribution in [-0.2, 0) is 5.41 Å². The molecule has 0 spiro atoms. The Labute approximate surface area is 320 Å². The minimum atomic E-state index is -0.160. The molecule has 0 saturated carbocycles. The van der Waals surface area contributed by atoms with Gasteiger partial charge in [0.05, 0.1) is 11.4 Å². The molecule has 0 aliphatic heterocycles. The van der Waals surface area contributed by atoms with Crippen LogP contribution in [0.25, 0.3) is 76.9 Å². The summed E-state index contributed by atoms with van der Waals surface area (Å²) >= 11 is 0. The summed E-state index contributed by atoms with van der Waals surface area (Å²) < 4.78 is 6.82. The minimum Gasteiger partial charge on any atom is -0.454 e. The highest BCUT2D eigenvalue weighted by Crippen LogP contribution is 2.53. The Morgan fingerprint density at radius 1 is 0.418 bits per heavy atom. The highest BCUT2D eigenvalue weighted by Gasteiger charge is 2.36. The van der Waals surface area contributed by atoms with Gasteiger partial charge in [-0.2, -0.15) is 0 Å². The van der Waals surface area contributed by atoms with Crippen molar-refractivity contribution < 1.29 is 4.42 Å². The third kappa shape index (κ3) is 4.88. The van der Waals surface area contributed by atoms with E-state index in [1.165, 1.54) is 60.5 Å². The van der Waals surface area contributed by atoms with E-state index >= 15 is 0 Å². The van der Waals surface area contributed by atoms with Crippen molar-refractivity contribution in [2.75, 3.05) is 4.90 Å². The van der Waals surface area contributed by atoms with E-state index in [0.29, 0.717) is 0 Å². The van der Waals surface area contributed by atoms with Crippen molar-refractivity contribution in [1.82, 2.24) is 0 Å². The van der Waals surface area contributed by atoms with Crippen LogP contribution in [0, 0.1) is 0 Å². The molecule has 0 unspecified atom stereocenters. The van der Waals surface area contributed by atoms with Crippen molar-refractivity contribution >= 4 is 60.5 Å². The van der Waals surface area contributed by atoms with E-state index in [-0.39, 0.29) is 5.41 Å². The molecule has 0 amide bonds. The number of para-hydroxylation sites is 2. The zero-order valence-corrected chi connectivity index (χ0v) is 30.8. The molecule has 0 atom stereocenters. The van der Waals surface area contributed by atoms with Crippen molar-refractivity contribution in [1.29, 1.82) is 0 Å². The minimum absolute atomic E-state index is 0.160. The highest BCUT2D eigenvalue weighted by atomic mass is 16.3. The van der Waals surface area contributed by atoms with Crippen LogP contribution < -0.4 is 4.90 Å². The fourth-order valence-corrected chi connectivity index (χ4v) is 9.12. The molecular weight excluding hydrogens is 667 g/mol. The van der Waals surface area contributed by atoms with Gasteiger partial charge in [-0.05, 0) is 103 Å². The van der Waals surface area contributed by atoms with Crippen molar-refractivity contribution in [2.24, 2.45) is 0 Å². The first-order valence-electron chi connectivity index (χ1n) is 19.1. The molecule has 2 heteroatoms. The number of rotatable bonds is 5. The van der Waals surface area contributed by atoms with E-state index in [9.17, 15) is 0 Å². The average Bonchev–Trinajstić information content (AvgIpc) is 3.73. The van der Waals surface area contributed by atoms with Crippen molar-refractivity contribution in [3.63, 3.8) is 0 Å². The molecule has 10 aromatic rings. The fraction of sp³-hybridized carbons (Fsp3) is 0.0566. The first kappa shape index (κ1) is 31.6. The number of furan rings is 1. The van der Waals surface area contributed by atoms with Gasteiger partial charge >= 0.3 is 0 Å². The van der Waals surface area contributed by atoms with Gasteiger partial charge in [0.2, 0.25) is 0 Å². The van der Waals surface area contributed by atoms with E-state index in [4.69, 9.17) is 4.42 Å². The Morgan fingerprint density at radius 3 is 1.84 bits per heavy atom. The van der Waals surface area contributed by atoms with E-state index in [1.54, 1.807) is 0 Å². The maximum absolute atomic E-state index is 6.82. The number of hydrogen-bond acceptors (Lipinski definition) is 2. The molecule has 1 aromatic heterocycles. The van der Waals surface area contributed by atoms with E-state index in [0.717, 1.165) is 44.6 Å². The van der Waals surface area contributed by atoms with Gasteiger partial charge in [-0.25, -0.2) is 0 Å². The van der Waals surface area contributed by atoms with E-state index in [1.807, 2.05) is 6.07 Å². The summed E-state index contributed by atoms with van der Waals surface area (Å²) in [7, 11) is 0. The van der Waals surface area contributed by atoms with E-state index in [2.05, 4.69) is 201 Å². The Bertz CT molecular complexity index is 3150. The summed E-state index contributed by atoms with van der Waals surface area (Å²) in [6, 6.07) is 68.6. The van der Waals surface area contributed by atoms with Crippen LogP contribution in [0.5, 0.6) is 0 Å². The van der Waals surface area contributed by atoms with Gasteiger partial charge < -0.3 is 9.32 Å². The molecule has 0 saturated heterocycles. The molecule has 2 nitrogen and oxygen atoms in total. The third-order valence-electron chi connectivity index (χ3n) is 11.8. The Balaban J connectivity index is 1.23. The summed E-state index contributed by atoms with van der Waals surface area (Å²) in [6.07, 6.45) is 0. The molecule has 0 fully saturated rings. The molecule has 0 radical (unpaired) electrons. The second-order valence-corrected chi connectivity index (χ2v) is 15.3. The second-order valence-electron chi connectivity index (χ2n) is 15.3. The zero-order chi connectivity index (χ0) is 36.7. The first-order valence-corrected chi connectivity index (χ1v) is 19.1. The highest BCUT2D eigenvalue weighted by molar-refractivity contribution is 6.11. The largest absolute Gasteiger partial charge is 0.454 e. The molecule has 1 aliphatic carbocycles. The summed E-state index contributed by atoms with van der Waals surface area (Å²) in [4.78, 5) is 2.44. The topological polar surface area (TPSA) is 16.4 Å². The van der Waals surface area contributed by atoms with Gasteiger partial charge in [-0.1, -0.05) is 159 Å². The summed E-state index contributed by atoms with van der Waals surface area (Å²) in [6.45, 7) is 4.71. The van der Waals surface area contributed by atoms with Crippen molar-refractivity contribution in [3.05, 3.63) is 199 Å². The standard InChI is InChI=1S/C53H37NO/c1-53(2)46-21-9-7-17-42(46)43-30-29-40(33-47(43)53)54(49-23-12-20-45-44-18-8-10-24-50(44)55-52(45)49)48-22-11-19-41(38-27-25-34-13-3-5-15-36(34)31-38)51(48)39-28-26-35-14-4-6-16-37(35)32-39/h3-33H,1-2H3. The Hall–Kier alpha value is -6.90. The average molecular weight is 704 g/mol. The molecule has 0 bridgehead atoms. The number of benzene rings is 9. The predicted molar refractivity (Wildman–Crippen MR) is 232 cm³/mol. The van der Waals surface area contributed by atoms with Gasteiger partial charge in [-0.3, -0.25) is 0 Å². The number of fused-ring (bicyclic) bond motifs is 8. The number of nitrogens with zero attached hydrogens (tertiary/aromatic N) is 1.